The molecule has 1 saturated heterocycles. The van der Waals surface area contributed by atoms with E-state index in [-0.39, 0.29) is 11.9 Å². The maximum Gasteiger partial charge on any atom is 0.329 e. The van der Waals surface area contributed by atoms with E-state index < -0.39 is 0 Å². The van der Waals surface area contributed by atoms with Gasteiger partial charge < -0.3 is 10.2 Å². The van der Waals surface area contributed by atoms with Crippen LogP contribution in [0.5, 0.6) is 0 Å². The molecule has 28 heavy (non-hydrogen) atoms. The number of nitrogens with one attached hydrogen (secondary N) is 2. The first kappa shape index (κ1) is 19.6. The molecule has 0 bridgehead atoms. The van der Waals surface area contributed by atoms with Gasteiger partial charge >= 0.3 is 6.03 Å². The van der Waals surface area contributed by atoms with E-state index in [1.54, 1.807) is 0 Å². The van der Waals surface area contributed by atoms with E-state index in [0.717, 1.165) is 63.7 Å². The number of piperidine rings is 1. The molecule has 3 aliphatic rings. The normalized spacial score (nSPS) is 18.7. The van der Waals surface area contributed by atoms with E-state index in [1.165, 1.54) is 47.0 Å². The average Bonchev–Trinajstić information content (AvgIpc) is 3.36. The molecule has 0 atom stereocenters. The summed E-state index contributed by atoms with van der Waals surface area (Å²) < 4.78 is 3.02. The monoisotopic (exact) mass is 401 g/mol. The van der Waals surface area contributed by atoms with Crippen LogP contribution in [0.15, 0.2) is 6.07 Å². The third kappa shape index (κ3) is 4.17. The van der Waals surface area contributed by atoms with Gasteiger partial charge in [-0.1, -0.05) is 13.0 Å². The van der Waals surface area contributed by atoms with Gasteiger partial charge in [-0.25, -0.2) is 4.79 Å². The van der Waals surface area contributed by atoms with Gasteiger partial charge in [0.1, 0.15) is 0 Å². The van der Waals surface area contributed by atoms with Crippen LogP contribution in [-0.4, -0.2) is 35.2 Å². The number of carbonyl (C=O) groups excluding carboxylic acids is 2. The number of aryl methyl sites for hydroxylation is 2. The summed E-state index contributed by atoms with van der Waals surface area (Å²) in [5.74, 6) is 0.267. The standard InChI is InChI=1S/C22H31N3O2S/c1-2-5-20(26)25-12-10-17(11-13-25)28-24-22(27)23-21-18-8-3-6-15(18)14-16-7-4-9-19(16)21/h14,17H,2-13H2,1H3,(H2,23,24,27). The highest BCUT2D eigenvalue weighted by Crippen LogP contribution is 2.38. The van der Waals surface area contributed by atoms with Gasteiger partial charge in [-0.2, -0.15) is 0 Å². The highest BCUT2D eigenvalue weighted by Gasteiger charge is 2.26. The fourth-order valence-electron chi connectivity index (χ4n) is 4.84. The minimum Gasteiger partial charge on any atom is -0.343 e. The molecule has 2 N–H and O–H groups in total. The van der Waals surface area contributed by atoms with E-state index in [0.29, 0.717) is 11.7 Å². The minimum absolute atomic E-state index is 0.108. The predicted octanol–water partition coefficient (Wildman–Crippen LogP) is 4.22. The Bertz CT molecular complexity index is 724. The van der Waals surface area contributed by atoms with Crippen LogP contribution in [-0.2, 0) is 30.5 Å². The van der Waals surface area contributed by atoms with Crippen molar-refractivity contribution in [1.82, 2.24) is 9.62 Å². The number of carbonyl (C=O) groups is 2. The Kier molecular flexibility index (Phi) is 6.14. The van der Waals surface area contributed by atoms with Gasteiger partial charge in [0.25, 0.3) is 0 Å². The fraction of sp³-hybridized carbons (Fsp3) is 0.636. The smallest absolute Gasteiger partial charge is 0.329 e. The number of hydrogen-bond acceptors (Lipinski definition) is 3. The van der Waals surface area contributed by atoms with Gasteiger partial charge in [-0.15, -0.1) is 0 Å². The van der Waals surface area contributed by atoms with Crippen molar-refractivity contribution >= 4 is 29.6 Å². The van der Waals surface area contributed by atoms with Gasteiger partial charge in [-0.3, -0.25) is 9.52 Å². The summed E-state index contributed by atoms with van der Waals surface area (Å²) in [6.45, 7) is 3.65. The molecule has 3 amide bonds. The first-order valence-electron chi connectivity index (χ1n) is 10.8. The zero-order chi connectivity index (χ0) is 19.5. The topological polar surface area (TPSA) is 61.4 Å². The molecule has 0 aromatic heterocycles. The molecular formula is C22H31N3O2S. The molecule has 0 spiro atoms. The zero-order valence-corrected chi connectivity index (χ0v) is 17.6. The van der Waals surface area contributed by atoms with E-state index >= 15 is 0 Å². The lowest BCUT2D eigenvalue weighted by atomic mass is 9.99. The predicted molar refractivity (Wildman–Crippen MR) is 115 cm³/mol. The van der Waals surface area contributed by atoms with Crippen LogP contribution in [0, 0.1) is 0 Å². The number of urea groups is 1. The number of nitrogens with zero attached hydrogens (tertiary/aromatic N) is 1. The number of likely N-dealkylation sites (tertiary alicyclic amines) is 1. The highest BCUT2D eigenvalue weighted by atomic mass is 32.2. The molecule has 1 heterocycles. The van der Waals surface area contributed by atoms with E-state index in [4.69, 9.17) is 0 Å². The van der Waals surface area contributed by atoms with E-state index in [2.05, 4.69) is 16.1 Å². The SMILES string of the molecule is CCCC(=O)N1CCC(SNC(=O)Nc2c3c(cc4c2CCC4)CCC3)CC1. The van der Waals surface area contributed by atoms with Gasteiger partial charge in [0.05, 0.1) is 0 Å². The molecule has 1 fully saturated rings. The Balaban J connectivity index is 1.30. The first-order valence-corrected chi connectivity index (χ1v) is 11.7. The number of amides is 3. The molecule has 0 radical (unpaired) electrons. The summed E-state index contributed by atoms with van der Waals surface area (Å²) in [5.41, 5.74) is 6.70. The third-order valence-electron chi connectivity index (χ3n) is 6.29. The van der Waals surface area contributed by atoms with Gasteiger partial charge in [0.15, 0.2) is 0 Å². The van der Waals surface area contributed by atoms with Crippen LogP contribution < -0.4 is 10.0 Å². The zero-order valence-electron chi connectivity index (χ0n) is 16.8. The van der Waals surface area contributed by atoms with Crippen LogP contribution in [0.2, 0.25) is 0 Å². The second-order valence-electron chi connectivity index (χ2n) is 8.24. The van der Waals surface area contributed by atoms with Gasteiger partial charge in [-0.05, 0) is 92.0 Å². The maximum atomic E-state index is 12.6. The van der Waals surface area contributed by atoms with Crippen LogP contribution in [0.1, 0.15) is 67.7 Å². The Hall–Kier alpha value is -1.69. The molecule has 6 heteroatoms. The van der Waals surface area contributed by atoms with Crippen molar-refractivity contribution in [1.29, 1.82) is 0 Å². The van der Waals surface area contributed by atoms with E-state index in [9.17, 15) is 9.59 Å². The Morgan fingerprint density at radius 1 is 1.07 bits per heavy atom. The lowest BCUT2D eigenvalue weighted by Gasteiger charge is -2.31. The largest absolute Gasteiger partial charge is 0.343 e. The fourth-order valence-corrected chi connectivity index (χ4v) is 5.61. The third-order valence-corrected chi connectivity index (χ3v) is 7.40. The second kappa shape index (κ2) is 8.76. The molecule has 0 saturated carbocycles. The summed E-state index contributed by atoms with van der Waals surface area (Å²) in [6.07, 6.45) is 10.3. The van der Waals surface area contributed by atoms with Crippen molar-refractivity contribution in [2.24, 2.45) is 0 Å². The Morgan fingerprint density at radius 3 is 2.32 bits per heavy atom. The molecule has 5 nitrogen and oxygen atoms in total. The van der Waals surface area contributed by atoms with E-state index in [1.807, 2.05) is 11.8 Å². The molecule has 2 aliphatic carbocycles. The Morgan fingerprint density at radius 2 is 1.71 bits per heavy atom. The van der Waals surface area contributed by atoms with Crippen LogP contribution in [0.4, 0.5) is 10.5 Å². The van der Waals surface area contributed by atoms with Crippen molar-refractivity contribution in [3.05, 3.63) is 28.3 Å². The second-order valence-corrected chi connectivity index (χ2v) is 9.34. The molecular weight excluding hydrogens is 370 g/mol. The summed E-state index contributed by atoms with van der Waals surface area (Å²) in [4.78, 5) is 26.6. The highest BCUT2D eigenvalue weighted by molar-refractivity contribution is 7.98. The number of rotatable bonds is 5. The summed E-state index contributed by atoms with van der Waals surface area (Å²) >= 11 is 1.52. The van der Waals surface area contributed by atoms with Crippen molar-refractivity contribution in [3.63, 3.8) is 0 Å². The number of anilines is 1. The van der Waals surface area contributed by atoms with Crippen molar-refractivity contribution in [3.8, 4) is 0 Å². The minimum atomic E-state index is -0.108. The van der Waals surface area contributed by atoms with Crippen LogP contribution >= 0.6 is 11.9 Å². The lowest BCUT2D eigenvalue weighted by Crippen LogP contribution is -2.40. The molecule has 1 aromatic rings. The summed E-state index contributed by atoms with van der Waals surface area (Å²) in [5, 5.41) is 3.57. The molecule has 152 valence electrons. The summed E-state index contributed by atoms with van der Waals surface area (Å²) in [6, 6.07) is 2.28. The van der Waals surface area contributed by atoms with Crippen molar-refractivity contribution < 1.29 is 9.59 Å². The van der Waals surface area contributed by atoms with Gasteiger partial charge in [0.2, 0.25) is 5.91 Å². The van der Waals surface area contributed by atoms with Crippen LogP contribution in [0.25, 0.3) is 0 Å². The average molecular weight is 402 g/mol. The number of fused-ring (bicyclic) bond motifs is 2. The first-order chi connectivity index (χ1) is 13.7. The maximum absolute atomic E-state index is 12.6. The number of hydrogen-bond donors (Lipinski definition) is 2. The molecule has 4 rings (SSSR count). The van der Waals surface area contributed by atoms with Crippen LogP contribution in [0.3, 0.4) is 0 Å². The Labute approximate surface area is 172 Å². The molecule has 1 aromatic carbocycles. The van der Waals surface area contributed by atoms with Crippen molar-refractivity contribution in [2.75, 3.05) is 18.4 Å². The van der Waals surface area contributed by atoms with Gasteiger partial charge in [0, 0.05) is 30.4 Å². The number of benzene rings is 1. The quantitative estimate of drug-likeness (QED) is 0.726. The molecule has 0 unspecified atom stereocenters. The molecule has 1 aliphatic heterocycles. The lowest BCUT2D eigenvalue weighted by molar-refractivity contribution is -0.132. The summed E-state index contributed by atoms with van der Waals surface area (Å²) in [7, 11) is 0. The van der Waals surface area contributed by atoms with Crippen molar-refractivity contribution in [2.45, 2.75) is 76.4 Å².